The molecule has 0 spiro atoms. The van der Waals surface area contributed by atoms with E-state index < -0.39 is 4.92 Å². The van der Waals surface area contributed by atoms with E-state index in [1.165, 1.54) is 18.4 Å². The molecule has 1 saturated heterocycles. The molecule has 2 heterocycles. The van der Waals surface area contributed by atoms with E-state index in [9.17, 15) is 10.1 Å². The first-order chi connectivity index (χ1) is 8.11. The lowest BCUT2D eigenvalue weighted by Crippen LogP contribution is -2.27. The van der Waals surface area contributed by atoms with Crippen LogP contribution in [0.2, 0.25) is 0 Å². The minimum atomic E-state index is -0.452. The Kier molecular flexibility index (Phi) is 3.51. The van der Waals surface area contributed by atoms with Gasteiger partial charge in [-0.05, 0) is 47.6 Å². The lowest BCUT2D eigenvalue weighted by molar-refractivity contribution is -0.388. The van der Waals surface area contributed by atoms with Crippen molar-refractivity contribution in [3.05, 3.63) is 28.4 Å². The van der Waals surface area contributed by atoms with E-state index in [-0.39, 0.29) is 10.6 Å². The third-order valence-electron chi connectivity index (χ3n) is 2.91. The molecule has 0 amide bonds. The van der Waals surface area contributed by atoms with Crippen molar-refractivity contribution in [1.82, 2.24) is 4.98 Å². The van der Waals surface area contributed by atoms with Gasteiger partial charge in [-0.25, -0.2) is 0 Å². The van der Waals surface area contributed by atoms with Crippen molar-refractivity contribution in [1.29, 1.82) is 0 Å². The highest BCUT2D eigenvalue weighted by Gasteiger charge is 2.29. The summed E-state index contributed by atoms with van der Waals surface area (Å²) in [6.45, 7) is 2.93. The smallest absolute Gasteiger partial charge is 0.377 e. The minimum Gasteiger partial charge on any atom is -0.377 e. The second-order valence-corrected chi connectivity index (χ2v) is 6.07. The summed E-state index contributed by atoms with van der Waals surface area (Å²) >= 11 is 1.93. The topological polar surface area (TPSA) is 68.1 Å². The Morgan fingerprint density at radius 1 is 1.71 bits per heavy atom. The van der Waals surface area contributed by atoms with Crippen LogP contribution in [0.15, 0.2) is 18.3 Å². The maximum atomic E-state index is 10.8. The number of anilines is 1. The summed E-state index contributed by atoms with van der Waals surface area (Å²) in [4.78, 5) is 14.1. The van der Waals surface area contributed by atoms with Gasteiger partial charge in [0.25, 0.3) is 0 Å². The van der Waals surface area contributed by atoms with Gasteiger partial charge in [0.05, 0.1) is 0 Å². The van der Waals surface area contributed by atoms with Gasteiger partial charge in [-0.3, -0.25) is 0 Å². The van der Waals surface area contributed by atoms with Crippen molar-refractivity contribution in [2.75, 3.05) is 17.6 Å². The van der Waals surface area contributed by atoms with Gasteiger partial charge in [-0.15, -0.1) is 0 Å². The van der Waals surface area contributed by atoms with Crippen LogP contribution in [-0.2, 0) is 0 Å². The van der Waals surface area contributed by atoms with E-state index in [1.807, 2.05) is 11.8 Å². The maximum absolute atomic E-state index is 10.8. The Morgan fingerprint density at radius 2 is 2.53 bits per heavy atom. The van der Waals surface area contributed by atoms with Crippen LogP contribution in [0.5, 0.6) is 0 Å². The number of aromatic nitrogens is 1. The first-order valence-corrected chi connectivity index (χ1v) is 6.56. The molecule has 1 unspecified atom stereocenters. The first-order valence-electron chi connectivity index (χ1n) is 5.58. The molecule has 1 aromatic heterocycles. The molecule has 0 aliphatic carbocycles. The average Bonchev–Trinajstić information content (AvgIpc) is 2.74. The second-order valence-electron chi connectivity index (χ2n) is 4.39. The molecular formula is C11H15N3O2S. The molecule has 5 nitrogen and oxygen atoms in total. The maximum Gasteiger partial charge on any atom is 0.386 e. The van der Waals surface area contributed by atoms with Gasteiger partial charge >= 0.3 is 5.82 Å². The van der Waals surface area contributed by atoms with Crippen LogP contribution in [0.3, 0.4) is 0 Å². The van der Waals surface area contributed by atoms with Crippen molar-refractivity contribution in [2.45, 2.75) is 24.5 Å². The van der Waals surface area contributed by atoms with Crippen LogP contribution < -0.4 is 5.32 Å². The van der Waals surface area contributed by atoms with Gasteiger partial charge in [0, 0.05) is 11.3 Å². The quantitative estimate of drug-likeness (QED) is 0.660. The molecule has 0 aromatic carbocycles. The molecule has 0 saturated carbocycles. The van der Waals surface area contributed by atoms with E-state index in [1.54, 1.807) is 12.1 Å². The third kappa shape index (κ3) is 2.88. The van der Waals surface area contributed by atoms with Crippen LogP contribution in [0, 0.1) is 10.1 Å². The van der Waals surface area contributed by atoms with E-state index in [0.29, 0.717) is 5.69 Å². The molecule has 2 rings (SSSR count). The molecule has 1 N–H and O–H groups in total. The highest BCUT2D eigenvalue weighted by molar-refractivity contribution is 8.00. The van der Waals surface area contributed by atoms with E-state index in [4.69, 9.17) is 0 Å². The van der Waals surface area contributed by atoms with Gasteiger partial charge in [0.15, 0.2) is 0 Å². The highest BCUT2D eigenvalue weighted by Crippen LogP contribution is 2.38. The van der Waals surface area contributed by atoms with Gasteiger partial charge in [0.2, 0.25) is 0 Å². The number of nitrogens with one attached hydrogen (secondary N) is 1. The van der Waals surface area contributed by atoms with Gasteiger partial charge in [-0.1, -0.05) is 0 Å². The molecular weight excluding hydrogens is 238 g/mol. The van der Waals surface area contributed by atoms with E-state index in [2.05, 4.69) is 17.2 Å². The predicted octanol–water partition coefficient (Wildman–Crippen LogP) is 2.69. The zero-order chi connectivity index (χ0) is 12.3. The number of pyridine rings is 1. The second kappa shape index (κ2) is 4.91. The molecule has 1 aromatic rings. The van der Waals surface area contributed by atoms with Crippen molar-refractivity contribution in [2.24, 2.45) is 0 Å². The van der Waals surface area contributed by atoms with E-state index in [0.717, 1.165) is 13.0 Å². The Bertz CT molecular complexity index is 419. The standard InChI is InChI=1S/C11H15N3O2S/c1-11(5-3-7-17-11)8-13-9-4-2-6-12-10(9)14(15)16/h2,4,6,13H,3,5,7-8H2,1H3. The van der Waals surface area contributed by atoms with Crippen molar-refractivity contribution < 1.29 is 4.92 Å². The van der Waals surface area contributed by atoms with Gasteiger partial charge in [0.1, 0.15) is 11.9 Å². The molecule has 1 aliphatic heterocycles. The fourth-order valence-electron chi connectivity index (χ4n) is 1.94. The number of hydrogen-bond acceptors (Lipinski definition) is 5. The molecule has 17 heavy (non-hydrogen) atoms. The summed E-state index contributed by atoms with van der Waals surface area (Å²) in [5.41, 5.74) is 0.506. The predicted molar refractivity (Wildman–Crippen MR) is 69.5 cm³/mol. The molecule has 1 aliphatic rings. The zero-order valence-corrected chi connectivity index (χ0v) is 10.5. The van der Waals surface area contributed by atoms with Crippen LogP contribution in [0.1, 0.15) is 19.8 Å². The number of hydrogen-bond donors (Lipinski definition) is 1. The van der Waals surface area contributed by atoms with E-state index >= 15 is 0 Å². The summed E-state index contributed by atoms with van der Waals surface area (Å²) in [6.07, 6.45) is 3.81. The van der Waals surface area contributed by atoms with Crippen molar-refractivity contribution in [3.8, 4) is 0 Å². The zero-order valence-electron chi connectivity index (χ0n) is 9.68. The van der Waals surface area contributed by atoms with Crippen LogP contribution >= 0.6 is 11.8 Å². The molecule has 6 heteroatoms. The molecule has 1 atom stereocenters. The Balaban J connectivity index is 2.06. The number of nitrogens with zero attached hydrogens (tertiary/aromatic N) is 2. The van der Waals surface area contributed by atoms with Gasteiger partial charge < -0.3 is 15.4 Å². The van der Waals surface area contributed by atoms with Crippen LogP contribution in [0.25, 0.3) is 0 Å². The normalized spacial score (nSPS) is 23.6. The summed E-state index contributed by atoms with van der Waals surface area (Å²) in [6, 6.07) is 3.41. The molecule has 1 fully saturated rings. The third-order valence-corrected chi connectivity index (χ3v) is 4.45. The fraction of sp³-hybridized carbons (Fsp3) is 0.545. The van der Waals surface area contributed by atoms with Crippen molar-refractivity contribution in [3.63, 3.8) is 0 Å². The lowest BCUT2D eigenvalue weighted by Gasteiger charge is -2.23. The number of nitro groups is 1. The van der Waals surface area contributed by atoms with Crippen molar-refractivity contribution >= 4 is 23.3 Å². The number of thioether (sulfide) groups is 1. The summed E-state index contributed by atoms with van der Waals surface area (Å²) < 4.78 is 0.184. The first kappa shape index (κ1) is 12.2. The molecule has 0 radical (unpaired) electrons. The summed E-state index contributed by atoms with van der Waals surface area (Å²) in [5.74, 6) is 1.08. The van der Waals surface area contributed by atoms with Crippen LogP contribution in [0.4, 0.5) is 11.5 Å². The molecule has 0 bridgehead atoms. The Morgan fingerprint density at radius 3 is 3.18 bits per heavy atom. The number of rotatable bonds is 4. The minimum absolute atomic E-state index is 0.0981. The Hall–Kier alpha value is -1.30. The largest absolute Gasteiger partial charge is 0.386 e. The summed E-state index contributed by atoms with van der Waals surface area (Å²) in [7, 11) is 0. The monoisotopic (exact) mass is 253 g/mol. The summed E-state index contributed by atoms with van der Waals surface area (Å²) in [5, 5.41) is 13.9. The molecule has 92 valence electrons. The highest BCUT2D eigenvalue weighted by atomic mass is 32.2. The average molecular weight is 253 g/mol. The lowest BCUT2D eigenvalue weighted by atomic mass is 10.1. The van der Waals surface area contributed by atoms with Crippen LogP contribution in [-0.4, -0.2) is 27.0 Å². The fourth-order valence-corrected chi connectivity index (χ4v) is 3.18. The SMILES string of the molecule is CC1(CNc2cccnc2[N+](=O)[O-])CCCS1. The Labute approximate surface area is 104 Å². The van der Waals surface area contributed by atoms with Gasteiger partial charge in [-0.2, -0.15) is 11.8 Å².